The Morgan fingerprint density at radius 3 is 3.00 bits per heavy atom. The maximum absolute atomic E-state index is 11.6. The van der Waals surface area contributed by atoms with Gasteiger partial charge in [0, 0.05) is 13.1 Å². The Labute approximate surface area is 97.8 Å². The lowest BCUT2D eigenvalue weighted by atomic mass is 10.3. The number of imidazole rings is 1. The lowest BCUT2D eigenvalue weighted by Gasteiger charge is -2.28. The summed E-state index contributed by atoms with van der Waals surface area (Å²) in [4.78, 5) is 17.5. The third kappa shape index (κ3) is 1.96. The van der Waals surface area contributed by atoms with E-state index in [2.05, 4.69) is 4.98 Å². The largest absolute Gasteiger partial charge is 0.332 e. The van der Waals surface area contributed by atoms with Crippen LogP contribution in [0.25, 0.3) is 0 Å². The Morgan fingerprint density at radius 2 is 2.33 bits per heavy atom. The summed E-state index contributed by atoms with van der Waals surface area (Å²) in [5.41, 5.74) is 0. The van der Waals surface area contributed by atoms with E-state index < -0.39 is 5.38 Å². The number of alkyl halides is 1. The molecule has 0 saturated carbocycles. The first kappa shape index (κ1) is 10.8. The maximum atomic E-state index is 11.6. The van der Waals surface area contributed by atoms with Gasteiger partial charge in [0.2, 0.25) is 5.91 Å². The zero-order chi connectivity index (χ0) is 11.0. The summed E-state index contributed by atoms with van der Waals surface area (Å²) >= 11 is 11.7. The lowest BCUT2D eigenvalue weighted by molar-refractivity contribution is -0.132. The Hall–Kier alpha value is -0.740. The van der Waals surface area contributed by atoms with Crippen molar-refractivity contribution in [3.63, 3.8) is 0 Å². The topological polar surface area (TPSA) is 38.1 Å². The monoisotopic (exact) mass is 247 g/mol. The second kappa shape index (κ2) is 4.02. The van der Waals surface area contributed by atoms with Crippen molar-refractivity contribution >= 4 is 29.1 Å². The molecule has 1 aromatic rings. The number of hydrogen-bond acceptors (Lipinski definition) is 2. The van der Waals surface area contributed by atoms with Gasteiger partial charge in [-0.3, -0.25) is 4.79 Å². The van der Waals surface area contributed by atoms with Crippen LogP contribution in [0.4, 0.5) is 0 Å². The van der Waals surface area contributed by atoms with E-state index in [9.17, 15) is 4.79 Å². The molecule has 1 aliphatic rings. The molecule has 0 radical (unpaired) electrons. The highest BCUT2D eigenvalue weighted by molar-refractivity contribution is 6.30. The van der Waals surface area contributed by atoms with Gasteiger partial charge < -0.3 is 9.47 Å². The molecule has 0 bridgehead atoms. The summed E-state index contributed by atoms with van der Waals surface area (Å²) in [6.07, 6.45) is 1.61. The Bertz CT molecular complexity index is 389. The Morgan fingerprint density at radius 1 is 1.60 bits per heavy atom. The van der Waals surface area contributed by atoms with E-state index in [-0.39, 0.29) is 5.91 Å². The summed E-state index contributed by atoms with van der Waals surface area (Å²) in [5.74, 6) is 0.763. The van der Waals surface area contributed by atoms with E-state index >= 15 is 0 Å². The van der Waals surface area contributed by atoms with Crippen molar-refractivity contribution in [2.45, 2.75) is 25.4 Å². The van der Waals surface area contributed by atoms with Crippen LogP contribution in [0, 0.1) is 0 Å². The number of halogens is 2. The number of fused-ring (bicyclic) bond motifs is 1. The third-order valence-corrected chi connectivity index (χ3v) is 2.96. The minimum atomic E-state index is -0.484. The summed E-state index contributed by atoms with van der Waals surface area (Å²) in [5, 5.41) is 0.137. The number of hydrogen-bond donors (Lipinski definition) is 0. The van der Waals surface area contributed by atoms with Crippen LogP contribution in [0.1, 0.15) is 12.7 Å². The molecular weight excluding hydrogens is 237 g/mol. The van der Waals surface area contributed by atoms with E-state index in [0.717, 1.165) is 5.82 Å². The van der Waals surface area contributed by atoms with Crippen LogP contribution in [0.5, 0.6) is 0 Å². The average Bonchev–Trinajstić information content (AvgIpc) is 2.59. The number of rotatable bonds is 1. The van der Waals surface area contributed by atoms with Crippen molar-refractivity contribution in [2.24, 2.45) is 0 Å². The fourth-order valence-corrected chi connectivity index (χ4v) is 2.03. The molecular formula is C9H11Cl2N3O. The van der Waals surface area contributed by atoms with Gasteiger partial charge >= 0.3 is 0 Å². The minimum Gasteiger partial charge on any atom is -0.332 e. The number of carbonyl (C=O) groups is 1. The third-order valence-electron chi connectivity index (χ3n) is 2.47. The van der Waals surface area contributed by atoms with Crippen molar-refractivity contribution in [2.75, 3.05) is 6.54 Å². The molecule has 4 nitrogen and oxygen atoms in total. The van der Waals surface area contributed by atoms with E-state index in [0.29, 0.717) is 24.8 Å². The van der Waals surface area contributed by atoms with Crippen LogP contribution in [0.3, 0.4) is 0 Å². The first-order valence-electron chi connectivity index (χ1n) is 4.72. The molecule has 1 aliphatic heterocycles. The van der Waals surface area contributed by atoms with E-state index in [1.165, 1.54) is 0 Å². The van der Waals surface area contributed by atoms with Gasteiger partial charge in [0.05, 0.1) is 12.7 Å². The van der Waals surface area contributed by atoms with Crippen LogP contribution in [0.15, 0.2) is 6.20 Å². The number of carbonyl (C=O) groups excluding carboxylic acids is 1. The Balaban J connectivity index is 2.16. The molecule has 1 atom stereocenters. The van der Waals surface area contributed by atoms with Crippen molar-refractivity contribution in [1.29, 1.82) is 0 Å². The molecule has 82 valence electrons. The fourth-order valence-electron chi connectivity index (χ4n) is 1.66. The predicted molar refractivity (Wildman–Crippen MR) is 58.0 cm³/mol. The van der Waals surface area contributed by atoms with Crippen molar-refractivity contribution in [3.8, 4) is 0 Å². The van der Waals surface area contributed by atoms with E-state index in [1.807, 2.05) is 4.57 Å². The van der Waals surface area contributed by atoms with Crippen molar-refractivity contribution < 1.29 is 4.79 Å². The molecule has 0 spiro atoms. The highest BCUT2D eigenvalue weighted by Gasteiger charge is 2.25. The van der Waals surface area contributed by atoms with E-state index in [1.54, 1.807) is 18.0 Å². The van der Waals surface area contributed by atoms with Gasteiger partial charge in [-0.05, 0) is 6.92 Å². The standard InChI is InChI=1S/C9H11Cl2N3O/c1-6(10)9(15)13-2-3-14-7(11)4-12-8(14)5-13/h4,6H,2-3,5H2,1H3/t6-/m0/s1. The van der Waals surface area contributed by atoms with Gasteiger partial charge in [-0.25, -0.2) is 4.98 Å². The second-order valence-electron chi connectivity index (χ2n) is 3.52. The van der Waals surface area contributed by atoms with Crippen LogP contribution < -0.4 is 0 Å². The predicted octanol–water partition coefficient (Wildman–Crippen LogP) is 1.51. The van der Waals surface area contributed by atoms with Gasteiger partial charge in [0.1, 0.15) is 16.4 Å². The molecule has 2 heterocycles. The van der Waals surface area contributed by atoms with Crippen LogP contribution in [-0.2, 0) is 17.9 Å². The van der Waals surface area contributed by atoms with Gasteiger partial charge in [0.25, 0.3) is 0 Å². The van der Waals surface area contributed by atoms with Gasteiger partial charge in [-0.15, -0.1) is 11.6 Å². The number of nitrogens with zero attached hydrogens (tertiary/aromatic N) is 3. The van der Waals surface area contributed by atoms with Crippen LogP contribution >= 0.6 is 23.2 Å². The summed E-state index contributed by atoms with van der Waals surface area (Å²) in [6, 6.07) is 0. The molecule has 1 aromatic heterocycles. The summed E-state index contributed by atoms with van der Waals surface area (Å²) in [7, 11) is 0. The minimum absolute atomic E-state index is 0.0537. The molecule has 0 unspecified atom stereocenters. The van der Waals surface area contributed by atoms with Gasteiger partial charge in [-0.1, -0.05) is 11.6 Å². The molecule has 0 N–H and O–H groups in total. The molecule has 0 saturated heterocycles. The summed E-state index contributed by atoms with van der Waals surface area (Å²) in [6.45, 7) is 3.49. The molecule has 6 heteroatoms. The van der Waals surface area contributed by atoms with Gasteiger partial charge in [-0.2, -0.15) is 0 Å². The average molecular weight is 248 g/mol. The summed E-state index contributed by atoms with van der Waals surface area (Å²) < 4.78 is 1.91. The van der Waals surface area contributed by atoms with Crippen LogP contribution in [0.2, 0.25) is 5.15 Å². The molecule has 2 rings (SSSR count). The quantitative estimate of drug-likeness (QED) is 0.706. The normalized spacial score (nSPS) is 17.4. The number of aromatic nitrogens is 2. The second-order valence-corrected chi connectivity index (χ2v) is 4.57. The van der Waals surface area contributed by atoms with Crippen molar-refractivity contribution in [3.05, 3.63) is 17.2 Å². The molecule has 0 aromatic carbocycles. The molecule has 1 amide bonds. The fraction of sp³-hybridized carbons (Fsp3) is 0.556. The zero-order valence-electron chi connectivity index (χ0n) is 8.28. The lowest BCUT2D eigenvalue weighted by Crippen LogP contribution is -2.41. The van der Waals surface area contributed by atoms with E-state index in [4.69, 9.17) is 23.2 Å². The molecule has 15 heavy (non-hydrogen) atoms. The highest BCUT2D eigenvalue weighted by atomic mass is 35.5. The number of amides is 1. The molecule has 0 aliphatic carbocycles. The van der Waals surface area contributed by atoms with Crippen LogP contribution in [-0.4, -0.2) is 32.3 Å². The highest BCUT2D eigenvalue weighted by Crippen LogP contribution is 2.18. The molecule has 0 fully saturated rings. The first-order chi connectivity index (χ1) is 7.09. The van der Waals surface area contributed by atoms with Crippen molar-refractivity contribution in [1.82, 2.24) is 14.5 Å². The zero-order valence-corrected chi connectivity index (χ0v) is 9.79. The SMILES string of the molecule is C[C@H](Cl)C(=O)N1CCn2c(Cl)cnc2C1. The smallest absolute Gasteiger partial charge is 0.240 e. The van der Waals surface area contributed by atoms with Gasteiger partial charge in [0.15, 0.2) is 0 Å². The Kier molecular flexibility index (Phi) is 2.89. The maximum Gasteiger partial charge on any atom is 0.240 e. The first-order valence-corrected chi connectivity index (χ1v) is 5.54.